The first-order valence-electron chi connectivity index (χ1n) is 9.42. The predicted molar refractivity (Wildman–Crippen MR) is 99.4 cm³/mol. The number of hydrogen-bond donors (Lipinski definition) is 0. The number of benzene rings is 1. The van der Waals surface area contributed by atoms with Gasteiger partial charge in [-0.1, -0.05) is 38.1 Å². The van der Waals surface area contributed by atoms with Crippen LogP contribution in [0.5, 0.6) is 0 Å². The molecule has 1 saturated heterocycles. The van der Waals surface area contributed by atoms with Gasteiger partial charge < -0.3 is 9.80 Å². The van der Waals surface area contributed by atoms with Crippen molar-refractivity contribution in [3.05, 3.63) is 35.4 Å². The second kappa shape index (κ2) is 6.81. The van der Waals surface area contributed by atoms with Crippen LogP contribution in [0.15, 0.2) is 24.3 Å². The van der Waals surface area contributed by atoms with Gasteiger partial charge in [0, 0.05) is 39.5 Å². The van der Waals surface area contributed by atoms with Crippen LogP contribution in [-0.2, 0) is 15.0 Å². The zero-order valence-corrected chi connectivity index (χ0v) is 15.9. The topological polar surface area (TPSA) is 40.6 Å². The van der Waals surface area contributed by atoms with E-state index in [0.717, 1.165) is 32.4 Å². The summed E-state index contributed by atoms with van der Waals surface area (Å²) in [4.78, 5) is 28.3. The molecule has 1 aliphatic heterocycles. The number of hydrogen-bond acceptors (Lipinski definition) is 2. The minimum atomic E-state index is 0.0652. The Morgan fingerprint density at radius 3 is 2.44 bits per heavy atom. The quantitative estimate of drug-likeness (QED) is 0.846. The molecule has 4 nitrogen and oxygen atoms in total. The van der Waals surface area contributed by atoms with Gasteiger partial charge in [0.2, 0.25) is 11.8 Å². The summed E-state index contributed by atoms with van der Waals surface area (Å²) in [5.41, 5.74) is 2.91. The molecule has 1 aromatic carbocycles. The molecule has 1 aliphatic carbocycles. The van der Waals surface area contributed by atoms with Crippen molar-refractivity contribution >= 4 is 11.8 Å². The Balaban J connectivity index is 1.80. The number of piperidine rings is 1. The molecule has 0 unspecified atom stereocenters. The van der Waals surface area contributed by atoms with Gasteiger partial charge in [-0.2, -0.15) is 0 Å². The number of likely N-dealkylation sites (tertiary alicyclic amines) is 1. The Labute approximate surface area is 151 Å². The molecule has 2 amide bonds. The number of amides is 2. The Kier molecular flexibility index (Phi) is 4.90. The molecule has 1 atom stereocenters. The van der Waals surface area contributed by atoms with Crippen molar-refractivity contribution in [1.29, 1.82) is 0 Å². The average molecular weight is 342 g/mol. The Hall–Kier alpha value is -1.84. The highest BCUT2D eigenvalue weighted by Crippen LogP contribution is 2.52. The smallest absolute Gasteiger partial charge is 0.225 e. The summed E-state index contributed by atoms with van der Waals surface area (Å²) in [5, 5.41) is 0. The van der Waals surface area contributed by atoms with Crippen LogP contribution in [0.1, 0.15) is 56.6 Å². The highest BCUT2D eigenvalue weighted by atomic mass is 16.2. The summed E-state index contributed by atoms with van der Waals surface area (Å²) in [5.74, 6) is 0.832. The summed E-state index contributed by atoms with van der Waals surface area (Å²) in [7, 11) is 3.66. The molecule has 0 aromatic heterocycles. The molecule has 0 N–H and O–H groups in total. The largest absolute Gasteiger partial charge is 0.349 e. The second-order valence-corrected chi connectivity index (χ2v) is 8.24. The zero-order chi connectivity index (χ0) is 18.2. The van der Waals surface area contributed by atoms with Crippen molar-refractivity contribution in [2.24, 2.45) is 5.92 Å². The van der Waals surface area contributed by atoms with Gasteiger partial charge in [-0.15, -0.1) is 0 Å². The summed E-state index contributed by atoms with van der Waals surface area (Å²) in [6.45, 7) is 5.61. The molecular formula is C21H30N2O2. The van der Waals surface area contributed by atoms with E-state index >= 15 is 0 Å². The van der Waals surface area contributed by atoms with Crippen LogP contribution in [0.25, 0.3) is 0 Å². The van der Waals surface area contributed by atoms with E-state index in [1.54, 1.807) is 4.90 Å². The fraction of sp³-hybridized carbons (Fsp3) is 0.619. The van der Waals surface area contributed by atoms with Gasteiger partial charge in [0.25, 0.3) is 0 Å². The molecule has 1 aromatic rings. The number of carbonyl (C=O) groups excluding carboxylic acids is 2. The molecule has 25 heavy (non-hydrogen) atoms. The summed E-state index contributed by atoms with van der Waals surface area (Å²) in [6.07, 6.45) is 3.64. The van der Waals surface area contributed by atoms with Crippen LogP contribution < -0.4 is 0 Å². The van der Waals surface area contributed by atoms with Gasteiger partial charge in [0.05, 0.1) is 0 Å². The van der Waals surface area contributed by atoms with E-state index < -0.39 is 0 Å². The molecule has 136 valence electrons. The number of carbonyl (C=O) groups is 2. The summed E-state index contributed by atoms with van der Waals surface area (Å²) in [6, 6.07) is 8.64. The molecule has 4 heteroatoms. The van der Waals surface area contributed by atoms with Crippen LogP contribution in [0.2, 0.25) is 0 Å². The van der Waals surface area contributed by atoms with Gasteiger partial charge in [-0.25, -0.2) is 0 Å². The van der Waals surface area contributed by atoms with E-state index in [4.69, 9.17) is 0 Å². The van der Waals surface area contributed by atoms with E-state index in [2.05, 4.69) is 24.3 Å². The molecule has 3 rings (SSSR count). The lowest BCUT2D eigenvalue weighted by Crippen LogP contribution is -2.45. The third-order valence-corrected chi connectivity index (χ3v) is 6.06. The number of nitrogens with zero attached hydrogens (tertiary/aromatic N) is 2. The molecule has 1 heterocycles. The third-order valence-electron chi connectivity index (χ3n) is 6.06. The number of rotatable bonds is 3. The van der Waals surface area contributed by atoms with Crippen molar-refractivity contribution in [2.75, 3.05) is 27.2 Å². The van der Waals surface area contributed by atoms with Gasteiger partial charge in [-0.05, 0) is 41.7 Å². The Morgan fingerprint density at radius 2 is 1.84 bits per heavy atom. The van der Waals surface area contributed by atoms with Crippen molar-refractivity contribution < 1.29 is 9.59 Å². The molecule has 0 bridgehead atoms. The fourth-order valence-corrected chi connectivity index (χ4v) is 4.60. The van der Waals surface area contributed by atoms with Crippen molar-refractivity contribution in [3.63, 3.8) is 0 Å². The van der Waals surface area contributed by atoms with E-state index in [1.807, 2.05) is 32.8 Å². The van der Waals surface area contributed by atoms with Crippen LogP contribution in [0.4, 0.5) is 0 Å². The minimum Gasteiger partial charge on any atom is -0.349 e. The molecule has 1 spiro atoms. The maximum atomic E-state index is 12.3. The van der Waals surface area contributed by atoms with Crippen LogP contribution in [-0.4, -0.2) is 48.8 Å². The van der Waals surface area contributed by atoms with Crippen molar-refractivity contribution in [2.45, 2.75) is 50.9 Å². The lowest BCUT2D eigenvalue weighted by atomic mass is 9.73. The predicted octanol–water partition coefficient (Wildman–Crippen LogP) is 3.17. The fourth-order valence-electron chi connectivity index (χ4n) is 4.60. The standard InChI is InChI=1S/C21H30N2O2/c1-15(2)20(25)23-11-9-21(10-12-23)14-16(13-19(24)22(3)4)17-7-5-6-8-18(17)21/h5-8,15-16H,9-14H2,1-4H3/t16-/m1/s1. The van der Waals surface area contributed by atoms with E-state index in [-0.39, 0.29) is 23.1 Å². The minimum absolute atomic E-state index is 0.0652. The first kappa shape index (κ1) is 18.0. The monoisotopic (exact) mass is 342 g/mol. The molecule has 0 saturated carbocycles. The second-order valence-electron chi connectivity index (χ2n) is 8.24. The van der Waals surface area contributed by atoms with Gasteiger partial charge >= 0.3 is 0 Å². The highest BCUT2D eigenvalue weighted by molar-refractivity contribution is 5.78. The maximum absolute atomic E-state index is 12.3. The average Bonchev–Trinajstić information content (AvgIpc) is 2.89. The zero-order valence-electron chi connectivity index (χ0n) is 15.9. The molecule has 0 radical (unpaired) electrons. The third kappa shape index (κ3) is 3.31. The number of fused-ring (bicyclic) bond motifs is 2. The van der Waals surface area contributed by atoms with Crippen LogP contribution in [0.3, 0.4) is 0 Å². The normalized spacial score (nSPS) is 21.5. The maximum Gasteiger partial charge on any atom is 0.225 e. The lowest BCUT2D eigenvalue weighted by Gasteiger charge is -2.41. The van der Waals surface area contributed by atoms with Crippen LogP contribution >= 0.6 is 0 Å². The first-order valence-corrected chi connectivity index (χ1v) is 9.42. The molecular weight excluding hydrogens is 312 g/mol. The Morgan fingerprint density at radius 1 is 1.20 bits per heavy atom. The van der Waals surface area contributed by atoms with Gasteiger partial charge in [-0.3, -0.25) is 9.59 Å². The van der Waals surface area contributed by atoms with Crippen molar-refractivity contribution in [3.8, 4) is 0 Å². The van der Waals surface area contributed by atoms with Gasteiger partial charge in [0.15, 0.2) is 0 Å². The molecule has 1 fully saturated rings. The van der Waals surface area contributed by atoms with E-state index in [1.165, 1.54) is 11.1 Å². The van der Waals surface area contributed by atoms with Crippen LogP contribution in [0, 0.1) is 5.92 Å². The lowest BCUT2D eigenvalue weighted by molar-refractivity contribution is -0.136. The van der Waals surface area contributed by atoms with E-state index in [0.29, 0.717) is 12.3 Å². The summed E-state index contributed by atoms with van der Waals surface area (Å²) >= 11 is 0. The molecule has 2 aliphatic rings. The van der Waals surface area contributed by atoms with Crippen molar-refractivity contribution in [1.82, 2.24) is 9.80 Å². The summed E-state index contributed by atoms with van der Waals surface area (Å²) < 4.78 is 0. The SMILES string of the molecule is CC(C)C(=O)N1CCC2(CC1)C[C@@H](CC(=O)N(C)C)c1ccccc12. The van der Waals surface area contributed by atoms with E-state index in [9.17, 15) is 9.59 Å². The van der Waals surface area contributed by atoms with Gasteiger partial charge in [0.1, 0.15) is 0 Å². The highest BCUT2D eigenvalue weighted by Gasteiger charge is 2.46. The Bertz CT molecular complexity index is 658. The first-order chi connectivity index (χ1) is 11.8.